The van der Waals surface area contributed by atoms with Crippen LogP contribution in [0.1, 0.15) is 40.5 Å². The summed E-state index contributed by atoms with van der Waals surface area (Å²) in [4.78, 5) is 16.8. The van der Waals surface area contributed by atoms with Gasteiger partial charge in [-0.15, -0.1) is 12.4 Å². The summed E-state index contributed by atoms with van der Waals surface area (Å²) in [6.45, 7) is 0. The smallest absolute Gasteiger partial charge is 0.322 e. The molecule has 2 aromatic carbocycles. The third kappa shape index (κ3) is 4.31. The van der Waals surface area contributed by atoms with Crippen molar-refractivity contribution in [3.05, 3.63) is 83.8 Å². The van der Waals surface area contributed by atoms with Crippen molar-refractivity contribution in [2.24, 2.45) is 0 Å². The number of aromatic nitrogens is 3. The minimum Gasteiger partial charge on any atom is -0.322 e. The van der Waals surface area contributed by atoms with Crippen LogP contribution in [-0.4, -0.2) is 20.7 Å². The Morgan fingerprint density at radius 2 is 1.78 bits per heavy atom. The van der Waals surface area contributed by atoms with Crippen molar-refractivity contribution in [2.75, 3.05) is 5.32 Å². The summed E-state index contributed by atoms with van der Waals surface area (Å²) in [5, 5.41) is 7.45. The molecular weight excluding hydrogens is 441 g/mol. The van der Waals surface area contributed by atoms with Gasteiger partial charge in [-0.1, -0.05) is 6.07 Å². The van der Waals surface area contributed by atoms with E-state index < -0.39 is 11.9 Å². The summed E-state index contributed by atoms with van der Waals surface area (Å²) in [6, 6.07) is 16.7. The maximum Gasteiger partial charge on any atom is 0.435 e. The van der Waals surface area contributed by atoms with E-state index in [2.05, 4.69) is 15.4 Å². The zero-order valence-corrected chi connectivity index (χ0v) is 17.5. The van der Waals surface area contributed by atoms with Crippen LogP contribution in [0.5, 0.6) is 0 Å². The van der Waals surface area contributed by atoms with Gasteiger partial charge in [0.1, 0.15) is 0 Å². The van der Waals surface area contributed by atoms with Gasteiger partial charge in [0.25, 0.3) is 5.91 Å². The summed E-state index contributed by atoms with van der Waals surface area (Å²) in [7, 11) is 0. The first kappa shape index (κ1) is 21.8. The molecule has 1 aliphatic carbocycles. The molecule has 1 amide bonds. The minimum atomic E-state index is -4.49. The molecule has 32 heavy (non-hydrogen) atoms. The molecule has 0 atom stereocenters. The Bertz CT molecular complexity index is 1280. The normalized spacial score (nSPS) is 13.6. The molecule has 164 valence electrons. The number of anilines is 1. The van der Waals surface area contributed by atoms with E-state index in [1.54, 1.807) is 54.7 Å². The van der Waals surface area contributed by atoms with Crippen molar-refractivity contribution in [2.45, 2.75) is 24.9 Å². The summed E-state index contributed by atoms with van der Waals surface area (Å²) < 4.78 is 40.7. The fourth-order valence-electron chi connectivity index (χ4n) is 3.52. The van der Waals surface area contributed by atoms with Crippen LogP contribution < -0.4 is 5.32 Å². The van der Waals surface area contributed by atoms with E-state index in [-0.39, 0.29) is 24.2 Å². The van der Waals surface area contributed by atoms with Gasteiger partial charge in [0.2, 0.25) is 0 Å². The second kappa shape index (κ2) is 8.27. The lowest BCUT2D eigenvalue weighted by molar-refractivity contribution is -0.141. The van der Waals surface area contributed by atoms with Gasteiger partial charge in [0.05, 0.1) is 11.2 Å². The SMILES string of the molecule is Cl.O=C(Nc1ccc(-n2nc(C(F)(F)F)cc2C2CC2)cc1)c1ccc2ncccc2c1. The van der Waals surface area contributed by atoms with Crippen molar-refractivity contribution in [1.82, 2.24) is 14.8 Å². The number of nitrogens with zero attached hydrogens (tertiary/aromatic N) is 3. The first-order chi connectivity index (χ1) is 14.9. The second-order valence-corrected chi connectivity index (χ2v) is 7.55. The third-order valence-corrected chi connectivity index (χ3v) is 5.26. The molecule has 0 spiro atoms. The molecule has 4 aromatic rings. The van der Waals surface area contributed by atoms with Gasteiger partial charge in [0, 0.05) is 34.4 Å². The molecule has 9 heteroatoms. The Morgan fingerprint density at radius 1 is 1.03 bits per heavy atom. The van der Waals surface area contributed by atoms with E-state index in [0.717, 1.165) is 29.8 Å². The first-order valence-electron chi connectivity index (χ1n) is 9.82. The van der Waals surface area contributed by atoms with E-state index in [4.69, 9.17) is 0 Å². The van der Waals surface area contributed by atoms with Gasteiger partial charge in [0.15, 0.2) is 5.69 Å². The van der Waals surface area contributed by atoms with Gasteiger partial charge < -0.3 is 5.32 Å². The van der Waals surface area contributed by atoms with E-state index >= 15 is 0 Å². The number of benzene rings is 2. The monoisotopic (exact) mass is 458 g/mol. The molecule has 1 saturated carbocycles. The van der Waals surface area contributed by atoms with Crippen molar-refractivity contribution in [1.29, 1.82) is 0 Å². The molecular formula is C23H18ClF3N4O. The topological polar surface area (TPSA) is 59.8 Å². The molecule has 0 saturated heterocycles. The van der Waals surface area contributed by atoms with Crippen molar-refractivity contribution in [3.8, 4) is 5.69 Å². The molecule has 2 aromatic heterocycles. The number of carbonyl (C=O) groups excluding carboxylic acids is 1. The van der Waals surface area contributed by atoms with Crippen LogP contribution in [-0.2, 0) is 6.18 Å². The summed E-state index contributed by atoms with van der Waals surface area (Å²) in [5.41, 5.74) is 2.02. The summed E-state index contributed by atoms with van der Waals surface area (Å²) >= 11 is 0. The van der Waals surface area contributed by atoms with Gasteiger partial charge in [-0.2, -0.15) is 18.3 Å². The van der Waals surface area contributed by atoms with Crippen LogP contribution in [0.3, 0.4) is 0 Å². The zero-order chi connectivity index (χ0) is 21.6. The molecule has 0 unspecified atom stereocenters. The fraction of sp³-hybridized carbons (Fsp3) is 0.174. The third-order valence-electron chi connectivity index (χ3n) is 5.26. The Hall–Kier alpha value is -3.39. The van der Waals surface area contributed by atoms with E-state index in [1.165, 1.54) is 4.68 Å². The largest absolute Gasteiger partial charge is 0.435 e. The average molecular weight is 459 g/mol. The molecule has 1 fully saturated rings. The van der Waals surface area contributed by atoms with E-state index in [9.17, 15) is 18.0 Å². The van der Waals surface area contributed by atoms with Crippen LogP contribution in [0.2, 0.25) is 0 Å². The average Bonchev–Trinajstić information content (AvgIpc) is 3.50. The van der Waals surface area contributed by atoms with Gasteiger partial charge in [-0.3, -0.25) is 9.78 Å². The van der Waals surface area contributed by atoms with Gasteiger partial charge in [-0.25, -0.2) is 4.68 Å². The number of nitrogens with one attached hydrogen (secondary N) is 1. The minimum absolute atomic E-state index is 0. The number of hydrogen-bond donors (Lipinski definition) is 1. The lowest BCUT2D eigenvalue weighted by Crippen LogP contribution is -2.12. The summed E-state index contributed by atoms with van der Waals surface area (Å²) in [5.74, 6) is -0.180. The van der Waals surface area contributed by atoms with Crippen LogP contribution in [0, 0.1) is 0 Å². The van der Waals surface area contributed by atoms with Gasteiger partial charge in [-0.05, 0) is 67.4 Å². The molecule has 5 rings (SSSR count). The molecule has 1 aliphatic rings. The second-order valence-electron chi connectivity index (χ2n) is 7.55. The molecule has 5 nitrogen and oxygen atoms in total. The van der Waals surface area contributed by atoms with Gasteiger partial charge >= 0.3 is 6.18 Å². The van der Waals surface area contributed by atoms with Crippen molar-refractivity contribution < 1.29 is 18.0 Å². The number of fused-ring (bicyclic) bond motifs is 1. The van der Waals surface area contributed by atoms with Crippen LogP contribution >= 0.6 is 12.4 Å². The highest BCUT2D eigenvalue weighted by atomic mass is 35.5. The number of rotatable bonds is 4. The Morgan fingerprint density at radius 3 is 2.47 bits per heavy atom. The summed E-state index contributed by atoms with van der Waals surface area (Å²) in [6.07, 6.45) is -1.08. The molecule has 2 heterocycles. The standard InChI is InChI=1S/C23H17F3N4O.ClH/c24-23(25,26)21-13-20(14-3-4-14)30(29-21)18-8-6-17(7-9-18)28-22(31)16-5-10-19-15(12-16)2-1-11-27-19;/h1-2,5-14H,3-4H2,(H,28,31);1H. The maximum absolute atomic E-state index is 13.1. The number of pyridine rings is 1. The zero-order valence-electron chi connectivity index (χ0n) is 16.6. The Balaban J connectivity index is 0.00000245. The number of alkyl halides is 3. The highest BCUT2D eigenvalue weighted by Gasteiger charge is 2.38. The number of amides is 1. The number of halogens is 4. The predicted molar refractivity (Wildman–Crippen MR) is 117 cm³/mol. The van der Waals surface area contributed by atoms with E-state index in [1.807, 2.05) is 6.07 Å². The molecule has 0 bridgehead atoms. The predicted octanol–water partition coefficient (Wildman–Crippen LogP) is 5.99. The maximum atomic E-state index is 13.1. The number of carbonyl (C=O) groups is 1. The van der Waals surface area contributed by atoms with Crippen molar-refractivity contribution in [3.63, 3.8) is 0 Å². The first-order valence-corrected chi connectivity index (χ1v) is 9.82. The van der Waals surface area contributed by atoms with E-state index in [0.29, 0.717) is 22.6 Å². The highest BCUT2D eigenvalue weighted by molar-refractivity contribution is 6.06. The Kier molecular flexibility index (Phi) is 5.64. The Labute approximate surface area is 187 Å². The van der Waals surface area contributed by atoms with Crippen LogP contribution in [0.15, 0.2) is 66.9 Å². The molecule has 1 N–H and O–H groups in total. The lowest BCUT2D eigenvalue weighted by Gasteiger charge is -2.09. The molecule has 0 radical (unpaired) electrons. The number of hydrogen-bond acceptors (Lipinski definition) is 3. The van der Waals surface area contributed by atoms with Crippen LogP contribution in [0.25, 0.3) is 16.6 Å². The lowest BCUT2D eigenvalue weighted by atomic mass is 10.1. The quantitative estimate of drug-likeness (QED) is 0.408. The highest BCUT2D eigenvalue weighted by Crippen LogP contribution is 2.43. The fourth-order valence-corrected chi connectivity index (χ4v) is 3.52. The van der Waals surface area contributed by atoms with Crippen LogP contribution in [0.4, 0.5) is 18.9 Å². The van der Waals surface area contributed by atoms with Crippen molar-refractivity contribution >= 4 is 34.9 Å². The molecule has 0 aliphatic heterocycles.